The number of aromatic nitrogens is 2. The van der Waals surface area contributed by atoms with Gasteiger partial charge in [-0.3, -0.25) is 14.3 Å². The van der Waals surface area contributed by atoms with Gasteiger partial charge in [0.05, 0.1) is 17.5 Å². The van der Waals surface area contributed by atoms with Crippen LogP contribution in [0.15, 0.2) is 20.8 Å². The number of alkyl halides is 1. The number of nitrogens with zero attached hydrogens (tertiary/aromatic N) is 1. The van der Waals surface area contributed by atoms with Crippen molar-refractivity contribution in [2.45, 2.75) is 31.1 Å². The molecule has 2 heterocycles. The Labute approximate surface area is 150 Å². The van der Waals surface area contributed by atoms with Crippen molar-refractivity contribution in [2.75, 3.05) is 13.2 Å². The van der Waals surface area contributed by atoms with Crippen LogP contribution in [0.1, 0.15) is 25.1 Å². The van der Waals surface area contributed by atoms with Crippen molar-refractivity contribution in [1.82, 2.24) is 9.55 Å². The van der Waals surface area contributed by atoms with E-state index < -0.39 is 35.1 Å². The van der Waals surface area contributed by atoms with Gasteiger partial charge in [-0.2, -0.15) is 0 Å². The molecule has 0 bridgehead atoms. The SMILES string of the molecule is CCOC(=O)OC[C@@H]1O[C@H](n2cc(/C=C/Br)c(=O)[nH]c2=O)CC1Cl. The Morgan fingerprint density at radius 1 is 1.54 bits per heavy atom. The third-order valence-corrected chi connectivity index (χ3v) is 4.06. The summed E-state index contributed by atoms with van der Waals surface area (Å²) in [4.78, 5) is 38.6. The fourth-order valence-electron chi connectivity index (χ4n) is 2.22. The van der Waals surface area contributed by atoms with Crippen molar-refractivity contribution in [3.05, 3.63) is 37.6 Å². The predicted octanol–water partition coefficient (Wildman–Crippen LogP) is 1.97. The van der Waals surface area contributed by atoms with Crippen molar-refractivity contribution in [2.24, 2.45) is 0 Å². The lowest BCUT2D eigenvalue weighted by atomic mass is 10.2. The van der Waals surface area contributed by atoms with Gasteiger partial charge in [-0.15, -0.1) is 11.6 Å². The second kappa shape index (κ2) is 8.50. The van der Waals surface area contributed by atoms with Crippen molar-refractivity contribution < 1.29 is 19.0 Å². The van der Waals surface area contributed by atoms with E-state index in [0.29, 0.717) is 6.42 Å². The molecule has 0 radical (unpaired) electrons. The second-order valence-electron chi connectivity index (χ2n) is 4.92. The Morgan fingerprint density at radius 3 is 2.96 bits per heavy atom. The van der Waals surface area contributed by atoms with Crippen LogP contribution in [0.4, 0.5) is 4.79 Å². The maximum Gasteiger partial charge on any atom is 0.508 e. The number of ether oxygens (including phenoxy) is 3. The average molecular weight is 424 g/mol. The summed E-state index contributed by atoms with van der Waals surface area (Å²) >= 11 is 9.28. The molecule has 0 amide bonds. The smallest absolute Gasteiger partial charge is 0.435 e. The van der Waals surface area contributed by atoms with Gasteiger partial charge in [0.25, 0.3) is 5.56 Å². The van der Waals surface area contributed by atoms with E-state index >= 15 is 0 Å². The first kappa shape index (κ1) is 18.8. The lowest BCUT2D eigenvalue weighted by Crippen LogP contribution is -2.33. The second-order valence-corrected chi connectivity index (χ2v) is 6.01. The molecule has 10 heteroatoms. The highest BCUT2D eigenvalue weighted by atomic mass is 79.9. The van der Waals surface area contributed by atoms with Crippen LogP contribution in [0.3, 0.4) is 0 Å². The summed E-state index contributed by atoms with van der Waals surface area (Å²) in [5, 5.41) is -0.460. The van der Waals surface area contributed by atoms with Crippen LogP contribution >= 0.6 is 27.5 Å². The van der Waals surface area contributed by atoms with Crippen molar-refractivity contribution in [3.8, 4) is 0 Å². The van der Waals surface area contributed by atoms with Gasteiger partial charge in [-0.05, 0) is 18.0 Å². The molecule has 0 spiro atoms. The molecule has 1 aromatic rings. The standard InChI is InChI=1S/C14H16BrClN2O6/c1-2-22-14(21)23-7-10-9(16)5-11(24-10)18-6-8(3-4-15)12(19)17-13(18)20/h3-4,6,9-11H,2,5,7H2,1H3,(H,17,19,20)/b4-3+/t9?,10-,11-/m0/s1. The summed E-state index contributed by atoms with van der Waals surface area (Å²) < 4.78 is 16.5. The number of hydrogen-bond acceptors (Lipinski definition) is 6. The first-order valence-electron chi connectivity index (χ1n) is 7.17. The van der Waals surface area contributed by atoms with Crippen LogP contribution in [0.5, 0.6) is 0 Å². The Hall–Kier alpha value is -1.58. The highest BCUT2D eigenvalue weighted by Crippen LogP contribution is 2.31. The summed E-state index contributed by atoms with van der Waals surface area (Å²) in [6.45, 7) is 1.78. The van der Waals surface area contributed by atoms with Crippen LogP contribution < -0.4 is 11.2 Å². The van der Waals surface area contributed by atoms with E-state index in [1.807, 2.05) is 0 Å². The van der Waals surface area contributed by atoms with Crippen molar-refractivity contribution >= 4 is 39.8 Å². The maximum absolute atomic E-state index is 12.0. The molecule has 1 aliphatic rings. The van der Waals surface area contributed by atoms with Crippen LogP contribution in [0.25, 0.3) is 6.08 Å². The monoisotopic (exact) mass is 422 g/mol. The Bertz CT molecular complexity index is 731. The normalized spacial score (nSPS) is 23.5. The van der Waals surface area contributed by atoms with Gasteiger partial charge in [0, 0.05) is 12.6 Å². The van der Waals surface area contributed by atoms with Gasteiger partial charge in [0.1, 0.15) is 18.9 Å². The number of nitrogens with one attached hydrogen (secondary N) is 1. The van der Waals surface area contributed by atoms with E-state index in [9.17, 15) is 14.4 Å². The van der Waals surface area contributed by atoms with E-state index in [2.05, 4.69) is 25.7 Å². The van der Waals surface area contributed by atoms with Gasteiger partial charge in [0.15, 0.2) is 0 Å². The number of halogens is 2. The summed E-state index contributed by atoms with van der Waals surface area (Å²) in [5.41, 5.74) is -0.825. The summed E-state index contributed by atoms with van der Waals surface area (Å²) in [5.74, 6) is 0. The molecular weight excluding hydrogens is 408 g/mol. The molecule has 132 valence electrons. The quantitative estimate of drug-likeness (QED) is 0.574. The molecule has 1 N–H and O–H groups in total. The van der Waals surface area contributed by atoms with E-state index in [1.54, 1.807) is 6.92 Å². The molecule has 0 aromatic carbocycles. The number of carbonyl (C=O) groups is 1. The average Bonchev–Trinajstić information content (AvgIpc) is 2.89. The summed E-state index contributed by atoms with van der Waals surface area (Å²) in [6, 6.07) is 0. The molecule has 1 unspecified atom stereocenters. The zero-order chi connectivity index (χ0) is 17.7. The molecular formula is C14H16BrClN2O6. The first-order valence-corrected chi connectivity index (χ1v) is 8.52. The molecule has 1 aromatic heterocycles. The number of aromatic amines is 1. The Kier molecular flexibility index (Phi) is 6.64. The Morgan fingerprint density at radius 2 is 2.29 bits per heavy atom. The lowest BCUT2D eigenvalue weighted by Gasteiger charge is -2.16. The molecule has 3 atom stereocenters. The predicted molar refractivity (Wildman–Crippen MR) is 90.4 cm³/mol. The van der Waals surface area contributed by atoms with Gasteiger partial charge >= 0.3 is 11.8 Å². The van der Waals surface area contributed by atoms with Crippen LogP contribution in [0, 0.1) is 0 Å². The Balaban J connectivity index is 2.11. The van der Waals surface area contributed by atoms with Crippen LogP contribution in [0.2, 0.25) is 0 Å². The molecule has 1 fully saturated rings. The summed E-state index contributed by atoms with van der Waals surface area (Å²) in [7, 11) is 0. The van der Waals surface area contributed by atoms with E-state index in [4.69, 9.17) is 21.1 Å². The van der Waals surface area contributed by atoms with Crippen molar-refractivity contribution in [3.63, 3.8) is 0 Å². The van der Waals surface area contributed by atoms with Crippen LogP contribution in [-0.4, -0.2) is 40.4 Å². The largest absolute Gasteiger partial charge is 0.508 e. The zero-order valence-corrected chi connectivity index (χ0v) is 15.1. The summed E-state index contributed by atoms with van der Waals surface area (Å²) in [6.07, 6.45) is 1.15. The third-order valence-electron chi connectivity index (χ3n) is 3.34. The molecule has 2 rings (SSSR count). The van der Waals surface area contributed by atoms with E-state index in [-0.39, 0.29) is 18.8 Å². The van der Waals surface area contributed by atoms with Gasteiger partial charge in [-0.1, -0.05) is 15.9 Å². The number of H-pyrrole nitrogens is 1. The maximum atomic E-state index is 12.0. The number of rotatable bonds is 5. The first-order chi connectivity index (χ1) is 11.5. The number of hydrogen-bond donors (Lipinski definition) is 1. The van der Waals surface area contributed by atoms with Crippen molar-refractivity contribution in [1.29, 1.82) is 0 Å². The molecule has 0 saturated carbocycles. The fourth-order valence-corrected chi connectivity index (χ4v) is 2.79. The molecule has 24 heavy (non-hydrogen) atoms. The third kappa shape index (κ3) is 4.49. The fraction of sp³-hybridized carbons (Fsp3) is 0.500. The lowest BCUT2D eigenvalue weighted by molar-refractivity contribution is -0.0388. The molecule has 0 aliphatic carbocycles. The van der Waals surface area contributed by atoms with Gasteiger partial charge < -0.3 is 14.2 Å². The number of carbonyl (C=O) groups excluding carboxylic acids is 1. The van der Waals surface area contributed by atoms with Gasteiger partial charge in [0.2, 0.25) is 0 Å². The molecule has 8 nitrogen and oxygen atoms in total. The molecule has 1 saturated heterocycles. The highest BCUT2D eigenvalue weighted by Gasteiger charge is 2.36. The highest BCUT2D eigenvalue weighted by molar-refractivity contribution is 9.11. The van der Waals surface area contributed by atoms with E-state index in [0.717, 1.165) is 0 Å². The van der Waals surface area contributed by atoms with Gasteiger partial charge in [-0.25, -0.2) is 9.59 Å². The minimum atomic E-state index is -0.806. The topological polar surface area (TPSA) is 99.6 Å². The molecule has 1 aliphatic heterocycles. The minimum absolute atomic E-state index is 0.0875. The minimum Gasteiger partial charge on any atom is -0.435 e. The zero-order valence-electron chi connectivity index (χ0n) is 12.7. The van der Waals surface area contributed by atoms with E-state index in [1.165, 1.54) is 21.8 Å². The van der Waals surface area contributed by atoms with Crippen LogP contribution in [-0.2, 0) is 14.2 Å².